The highest BCUT2D eigenvalue weighted by molar-refractivity contribution is 5.66. The molecule has 0 amide bonds. The number of hydrogen-bond acceptors (Lipinski definition) is 3. The molecule has 4 rings (SSSR count). The summed E-state index contributed by atoms with van der Waals surface area (Å²) < 4.78 is 5.65. The van der Waals surface area contributed by atoms with Crippen LogP contribution in [0, 0.1) is 52.3 Å². The topological polar surface area (TPSA) is 52.3 Å². The molecule has 0 saturated heterocycles. The van der Waals surface area contributed by atoms with Gasteiger partial charge in [0.2, 0.25) is 0 Å². The van der Waals surface area contributed by atoms with Crippen molar-refractivity contribution < 1.29 is 9.53 Å². The standard InChI is InChI=1S/C29H51NO2/c1-18(2)8-7-9-19(3)23-10-11-24-27-25(13-15-29(23,24)6)28(5)14-12-22(32-20(4)31)16-21(28)17-26(27)30/h18-19,21-27H,7-17,30H2,1-6H3/t19-,21-,22+,23-,24+,25+,26+,27+,28+,29?/m1/s1. The third kappa shape index (κ3) is 4.29. The summed E-state index contributed by atoms with van der Waals surface area (Å²) in [6, 6.07) is 0.328. The Morgan fingerprint density at radius 2 is 1.66 bits per heavy atom. The van der Waals surface area contributed by atoms with Gasteiger partial charge in [-0.2, -0.15) is 0 Å². The molecule has 3 nitrogen and oxygen atoms in total. The molecule has 4 aliphatic carbocycles. The van der Waals surface area contributed by atoms with Gasteiger partial charge in [-0.25, -0.2) is 0 Å². The van der Waals surface area contributed by atoms with Gasteiger partial charge in [0.05, 0.1) is 0 Å². The first-order chi connectivity index (χ1) is 15.1. The van der Waals surface area contributed by atoms with Crippen LogP contribution in [0.1, 0.15) is 112 Å². The summed E-state index contributed by atoms with van der Waals surface area (Å²) in [4.78, 5) is 11.5. The van der Waals surface area contributed by atoms with E-state index in [-0.39, 0.29) is 12.1 Å². The zero-order valence-corrected chi connectivity index (χ0v) is 21.9. The molecule has 10 atom stereocenters. The van der Waals surface area contributed by atoms with Gasteiger partial charge in [-0.3, -0.25) is 4.79 Å². The number of esters is 1. The number of hydrogen-bond donors (Lipinski definition) is 1. The molecule has 4 aliphatic rings. The highest BCUT2D eigenvalue weighted by atomic mass is 16.5. The number of carbonyl (C=O) groups is 1. The van der Waals surface area contributed by atoms with E-state index < -0.39 is 0 Å². The minimum absolute atomic E-state index is 0.116. The minimum Gasteiger partial charge on any atom is -0.463 e. The molecule has 0 aromatic carbocycles. The van der Waals surface area contributed by atoms with Crippen LogP contribution in [0.4, 0.5) is 0 Å². The van der Waals surface area contributed by atoms with Crippen LogP contribution in [0.25, 0.3) is 0 Å². The number of ether oxygens (including phenoxy) is 1. The van der Waals surface area contributed by atoms with Crippen LogP contribution in [-0.2, 0) is 9.53 Å². The molecule has 0 spiro atoms. The quantitative estimate of drug-likeness (QED) is 0.449. The van der Waals surface area contributed by atoms with Gasteiger partial charge in [0.25, 0.3) is 0 Å². The van der Waals surface area contributed by atoms with E-state index in [1.807, 2.05) is 0 Å². The van der Waals surface area contributed by atoms with Gasteiger partial charge in [-0.05, 0) is 104 Å². The van der Waals surface area contributed by atoms with Gasteiger partial charge >= 0.3 is 5.97 Å². The van der Waals surface area contributed by atoms with Crippen LogP contribution < -0.4 is 5.73 Å². The lowest BCUT2D eigenvalue weighted by Crippen LogP contribution is -2.60. The zero-order chi connectivity index (χ0) is 23.3. The maximum atomic E-state index is 11.5. The summed E-state index contributed by atoms with van der Waals surface area (Å²) in [5.41, 5.74) is 7.93. The summed E-state index contributed by atoms with van der Waals surface area (Å²) in [5, 5.41) is 0. The molecule has 0 heterocycles. The fourth-order valence-electron chi connectivity index (χ4n) is 9.65. The van der Waals surface area contributed by atoms with Crippen LogP contribution in [0.5, 0.6) is 0 Å². The van der Waals surface area contributed by atoms with Gasteiger partial charge in [0, 0.05) is 13.0 Å². The third-order valence-electron chi connectivity index (χ3n) is 11.2. The van der Waals surface area contributed by atoms with Crippen LogP contribution in [0.3, 0.4) is 0 Å². The third-order valence-corrected chi connectivity index (χ3v) is 11.2. The van der Waals surface area contributed by atoms with E-state index in [9.17, 15) is 4.79 Å². The normalized spacial score (nSPS) is 46.8. The van der Waals surface area contributed by atoms with E-state index in [4.69, 9.17) is 10.5 Å². The predicted molar refractivity (Wildman–Crippen MR) is 132 cm³/mol. The second kappa shape index (κ2) is 9.23. The first-order valence-electron chi connectivity index (χ1n) is 14.0. The molecule has 184 valence electrons. The van der Waals surface area contributed by atoms with E-state index in [1.54, 1.807) is 6.92 Å². The van der Waals surface area contributed by atoms with Gasteiger partial charge in [0.1, 0.15) is 6.10 Å². The summed E-state index contributed by atoms with van der Waals surface area (Å²) in [6.07, 6.45) is 14.3. The number of fused-ring (bicyclic) bond motifs is 5. The average Bonchev–Trinajstić information content (AvgIpc) is 3.05. The van der Waals surface area contributed by atoms with Crippen molar-refractivity contribution in [3.05, 3.63) is 0 Å². The average molecular weight is 446 g/mol. The Balaban J connectivity index is 1.48. The van der Waals surface area contributed by atoms with E-state index >= 15 is 0 Å². The van der Waals surface area contributed by atoms with E-state index in [0.29, 0.717) is 28.7 Å². The maximum Gasteiger partial charge on any atom is 0.302 e. The minimum atomic E-state index is -0.121. The van der Waals surface area contributed by atoms with Gasteiger partial charge in [-0.15, -0.1) is 0 Å². The molecule has 0 bridgehead atoms. The van der Waals surface area contributed by atoms with E-state index in [0.717, 1.165) is 48.9 Å². The van der Waals surface area contributed by atoms with Gasteiger partial charge < -0.3 is 10.5 Å². The molecule has 1 unspecified atom stereocenters. The fraction of sp³-hybridized carbons (Fsp3) is 0.966. The van der Waals surface area contributed by atoms with Crippen LogP contribution in [-0.4, -0.2) is 18.1 Å². The van der Waals surface area contributed by atoms with Crippen molar-refractivity contribution in [1.29, 1.82) is 0 Å². The molecule has 4 fully saturated rings. The van der Waals surface area contributed by atoms with E-state index in [1.165, 1.54) is 51.4 Å². The van der Waals surface area contributed by atoms with Crippen LogP contribution in [0.2, 0.25) is 0 Å². The zero-order valence-electron chi connectivity index (χ0n) is 21.9. The Labute approximate surface area is 198 Å². The summed E-state index contributed by atoms with van der Waals surface area (Å²) >= 11 is 0. The smallest absolute Gasteiger partial charge is 0.302 e. The molecule has 0 radical (unpaired) electrons. The molecular weight excluding hydrogens is 394 g/mol. The van der Waals surface area contributed by atoms with Crippen molar-refractivity contribution in [3.8, 4) is 0 Å². The number of carbonyl (C=O) groups excluding carboxylic acids is 1. The number of rotatable bonds is 6. The molecular formula is C29H51NO2. The van der Waals surface area contributed by atoms with E-state index in [2.05, 4.69) is 34.6 Å². The molecule has 2 N–H and O–H groups in total. The Bertz CT molecular complexity index is 676. The Morgan fingerprint density at radius 3 is 2.34 bits per heavy atom. The van der Waals surface area contributed by atoms with Gasteiger partial charge in [0.15, 0.2) is 0 Å². The summed E-state index contributed by atoms with van der Waals surface area (Å²) in [7, 11) is 0. The number of nitrogens with two attached hydrogens (primary N) is 1. The van der Waals surface area contributed by atoms with Crippen LogP contribution >= 0.6 is 0 Å². The maximum absolute atomic E-state index is 11.5. The van der Waals surface area contributed by atoms with Crippen molar-refractivity contribution in [1.82, 2.24) is 0 Å². The first-order valence-corrected chi connectivity index (χ1v) is 14.0. The highest BCUT2D eigenvalue weighted by Crippen LogP contribution is 2.68. The second-order valence-electron chi connectivity index (χ2n) is 13.4. The molecule has 32 heavy (non-hydrogen) atoms. The molecule has 4 saturated carbocycles. The molecule has 3 heteroatoms. The first kappa shape index (κ1) is 24.6. The second-order valence-corrected chi connectivity index (χ2v) is 13.4. The van der Waals surface area contributed by atoms with Crippen molar-refractivity contribution in [3.63, 3.8) is 0 Å². The van der Waals surface area contributed by atoms with Crippen molar-refractivity contribution in [2.45, 2.75) is 124 Å². The molecule has 0 aromatic rings. The fourth-order valence-corrected chi connectivity index (χ4v) is 9.65. The Hall–Kier alpha value is -0.570. The summed E-state index contributed by atoms with van der Waals surface area (Å²) in [5.74, 6) is 5.35. The lowest BCUT2D eigenvalue weighted by molar-refractivity contribution is -0.162. The van der Waals surface area contributed by atoms with Crippen molar-refractivity contribution >= 4 is 5.97 Å². The van der Waals surface area contributed by atoms with Crippen LogP contribution in [0.15, 0.2) is 0 Å². The highest BCUT2D eigenvalue weighted by Gasteiger charge is 2.62. The van der Waals surface area contributed by atoms with Crippen molar-refractivity contribution in [2.24, 2.45) is 58.0 Å². The Kier molecular flexibility index (Phi) is 7.08. The molecule has 0 aromatic heterocycles. The van der Waals surface area contributed by atoms with Gasteiger partial charge in [-0.1, -0.05) is 53.9 Å². The Morgan fingerprint density at radius 1 is 0.969 bits per heavy atom. The predicted octanol–water partition coefficient (Wildman–Crippen LogP) is 6.98. The van der Waals surface area contributed by atoms with Crippen molar-refractivity contribution in [2.75, 3.05) is 0 Å². The lowest BCUT2D eigenvalue weighted by atomic mass is 9.43. The monoisotopic (exact) mass is 445 g/mol. The largest absolute Gasteiger partial charge is 0.463 e. The lowest BCUT2D eigenvalue weighted by Gasteiger charge is -2.63. The SMILES string of the molecule is CC(=O)O[C@H]1CC[C@@]2(C)[C@H](C1)C[C@H](N)[C@H]1[C@@H]3CC[C@H]([C@H](C)CCCC(C)C)C3(C)CC[C@@H]12. The summed E-state index contributed by atoms with van der Waals surface area (Å²) in [6.45, 7) is 14.1. The molecule has 0 aliphatic heterocycles.